The van der Waals surface area contributed by atoms with Crippen LogP contribution in [-0.4, -0.2) is 53.5 Å². The Morgan fingerprint density at radius 2 is 1.88 bits per heavy atom. The maximum atomic E-state index is 10.6. The number of aryl methyl sites for hydroxylation is 3. The fourth-order valence-corrected chi connectivity index (χ4v) is 3.55. The molecule has 25 heavy (non-hydrogen) atoms. The summed E-state index contributed by atoms with van der Waals surface area (Å²) in [5.41, 5.74) is 4.55. The van der Waals surface area contributed by atoms with Gasteiger partial charge in [0.1, 0.15) is 11.6 Å². The van der Waals surface area contributed by atoms with Crippen LogP contribution in [0.15, 0.2) is 18.5 Å². The number of rotatable bonds is 4. The Morgan fingerprint density at radius 3 is 2.72 bits per heavy atom. The third kappa shape index (κ3) is 3.05. The standard InChI is InChI=1S/C18H24N6O/c1-12-6-16-17(7-13(12)2)23(11-19-16)9-15(25)8-22-4-5-24-14(3)20-21-18(24)10-22/h6-7,11,15,25H,4-5,8-10H2,1-3H3/t15-/m1/s1. The number of aromatic nitrogens is 5. The Bertz CT molecular complexity index is 912. The Labute approximate surface area is 146 Å². The van der Waals surface area contributed by atoms with Crippen LogP contribution in [0.3, 0.4) is 0 Å². The molecule has 0 fully saturated rings. The van der Waals surface area contributed by atoms with Gasteiger partial charge >= 0.3 is 0 Å². The molecule has 2 aromatic heterocycles. The van der Waals surface area contributed by atoms with Crippen molar-refractivity contribution in [2.24, 2.45) is 0 Å². The zero-order valence-corrected chi connectivity index (χ0v) is 15.0. The molecule has 1 N–H and O–H groups in total. The first-order chi connectivity index (χ1) is 12.0. The molecule has 1 aliphatic heterocycles. The molecular formula is C18H24N6O. The topological polar surface area (TPSA) is 72.0 Å². The maximum Gasteiger partial charge on any atom is 0.147 e. The number of imidazole rings is 1. The lowest BCUT2D eigenvalue weighted by Crippen LogP contribution is -2.40. The highest BCUT2D eigenvalue weighted by atomic mass is 16.3. The number of fused-ring (bicyclic) bond motifs is 2. The molecule has 0 bridgehead atoms. The molecule has 3 aromatic rings. The van der Waals surface area contributed by atoms with Crippen LogP contribution >= 0.6 is 0 Å². The van der Waals surface area contributed by atoms with Crippen molar-refractivity contribution in [2.45, 2.75) is 46.5 Å². The highest BCUT2D eigenvalue weighted by Crippen LogP contribution is 2.19. The van der Waals surface area contributed by atoms with E-state index in [-0.39, 0.29) is 0 Å². The summed E-state index contributed by atoms with van der Waals surface area (Å²) in [4.78, 5) is 6.71. The second-order valence-corrected chi connectivity index (χ2v) is 7.03. The van der Waals surface area contributed by atoms with Crippen molar-refractivity contribution in [3.8, 4) is 0 Å². The smallest absolute Gasteiger partial charge is 0.147 e. The Balaban J connectivity index is 1.44. The molecule has 0 saturated heterocycles. The van der Waals surface area contributed by atoms with E-state index in [0.717, 1.165) is 42.3 Å². The molecule has 1 aliphatic rings. The van der Waals surface area contributed by atoms with Crippen molar-refractivity contribution in [2.75, 3.05) is 13.1 Å². The fourth-order valence-electron chi connectivity index (χ4n) is 3.55. The van der Waals surface area contributed by atoms with Crippen LogP contribution in [0.2, 0.25) is 0 Å². The van der Waals surface area contributed by atoms with Crippen LogP contribution in [0.1, 0.15) is 22.8 Å². The van der Waals surface area contributed by atoms with Gasteiger partial charge in [0.25, 0.3) is 0 Å². The van der Waals surface area contributed by atoms with Crippen LogP contribution in [0.25, 0.3) is 11.0 Å². The van der Waals surface area contributed by atoms with Crippen molar-refractivity contribution in [1.82, 2.24) is 29.2 Å². The second-order valence-electron chi connectivity index (χ2n) is 7.03. The summed E-state index contributed by atoms with van der Waals surface area (Å²) < 4.78 is 4.19. The molecule has 132 valence electrons. The average molecular weight is 340 g/mol. The largest absolute Gasteiger partial charge is 0.390 e. The number of aliphatic hydroxyl groups is 1. The van der Waals surface area contributed by atoms with Gasteiger partial charge in [-0.1, -0.05) is 0 Å². The van der Waals surface area contributed by atoms with Crippen LogP contribution in [0.5, 0.6) is 0 Å². The van der Waals surface area contributed by atoms with Crippen LogP contribution < -0.4 is 0 Å². The Hall–Kier alpha value is -2.25. The molecule has 1 aromatic carbocycles. The van der Waals surface area contributed by atoms with Gasteiger partial charge in [-0.25, -0.2) is 4.98 Å². The van der Waals surface area contributed by atoms with Crippen molar-refractivity contribution in [1.29, 1.82) is 0 Å². The van der Waals surface area contributed by atoms with Gasteiger partial charge in [0.2, 0.25) is 0 Å². The summed E-state index contributed by atoms with van der Waals surface area (Å²) >= 11 is 0. The fraction of sp³-hybridized carbons (Fsp3) is 0.500. The summed E-state index contributed by atoms with van der Waals surface area (Å²) in [6.45, 7) is 9.88. The third-order valence-corrected chi connectivity index (χ3v) is 5.13. The highest BCUT2D eigenvalue weighted by Gasteiger charge is 2.21. The molecule has 4 rings (SSSR count). The lowest BCUT2D eigenvalue weighted by Gasteiger charge is -2.29. The first-order valence-corrected chi connectivity index (χ1v) is 8.72. The summed E-state index contributed by atoms with van der Waals surface area (Å²) in [7, 11) is 0. The number of benzene rings is 1. The first-order valence-electron chi connectivity index (χ1n) is 8.72. The van der Waals surface area contributed by atoms with Gasteiger partial charge in [-0.2, -0.15) is 0 Å². The summed E-state index contributed by atoms with van der Waals surface area (Å²) in [6, 6.07) is 4.25. The molecule has 3 heterocycles. The van der Waals surface area contributed by atoms with Crippen LogP contribution in [0, 0.1) is 20.8 Å². The molecular weight excluding hydrogens is 316 g/mol. The van der Waals surface area contributed by atoms with Gasteiger partial charge < -0.3 is 14.2 Å². The lowest BCUT2D eigenvalue weighted by molar-refractivity contribution is 0.0843. The zero-order chi connectivity index (χ0) is 17.6. The third-order valence-electron chi connectivity index (χ3n) is 5.13. The Morgan fingerprint density at radius 1 is 1.08 bits per heavy atom. The van der Waals surface area contributed by atoms with E-state index in [1.807, 2.05) is 17.8 Å². The lowest BCUT2D eigenvalue weighted by atomic mass is 10.1. The quantitative estimate of drug-likeness (QED) is 0.778. The minimum absolute atomic E-state index is 0.449. The number of nitrogens with zero attached hydrogens (tertiary/aromatic N) is 6. The molecule has 7 heteroatoms. The van der Waals surface area contributed by atoms with E-state index in [4.69, 9.17) is 0 Å². The predicted octanol–water partition coefficient (Wildman–Crippen LogP) is 1.43. The number of aliphatic hydroxyl groups excluding tert-OH is 1. The molecule has 0 saturated carbocycles. The van der Waals surface area contributed by atoms with Crippen LogP contribution in [-0.2, 0) is 19.6 Å². The molecule has 1 atom stereocenters. The van der Waals surface area contributed by atoms with Crippen molar-refractivity contribution < 1.29 is 5.11 Å². The second kappa shape index (κ2) is 6.24. The van der Waals surface area contributed by atoms with Crippen molar-refractivity contribution in [3.05, 3.63) is 41.2 Å². The molecule has 0 amide bonds. The van der Waals surface area contributed by atoms with E-state index in [9.17, 15) is 5.11 Å². The summed E-state index contributed by atoms with van der Waals surface area (Å²) in [5.74, 6) is 1.95. The minimum Gasteiger partial charge on any atom is -0.390 e. The number of β-amino-alcohol motifs (C(OH)–C–C–N with tert-alkyl or cyclic N) is 1. The van der Waals surface area contributed by atoms with Crippen molar-refractivity contribution >= 4 is 11.0 Å². The number of hydrogen-bond acceptors (Lipinski definition) is 5. The van der Waals surface area contributed by atoms with Crippen molar-refractivity contribution in [3.63, 3.8) is 0 Å². The average Bonchev–Trinajstić information content (AvgIpc) is 3.12. The highest BCUT2D eigenvalue weighted by molar-refractivity contribution is 5.77. The maximum absolute atomic E-state index is 10.6. The predicted molar refractivity (Wildman–Crippen MR) is 95.2 cm³/mol. The van der Waals surface area contributed by atoms with Gasteiger partial charge in [-0.3, -0.25) is 4.90 Å². The summed E-state index contributed by atoms with van der Waals surface area (Å²) in [5, 5.41) is 18.9. The SMILES string of the molecule is Cc1cc2ncn(C[C@H](O)CN3CCn4c(C)nnc4C3)c2cc1C. The Kier molecular flexibility index (Phi) is 4.05. The minimum atomic E-state index is -0.449. The van der Waals surface area contributed by atoms with Gasteiger partial charge in [0, 0.05) is 19.6 Å². The van der Waals surface area contributed by atoms with Crippen LogP contribution in [0.4, 0.5) is 0 Å². The molecule has 0 spiro atoms. The molecule has 0 radical (unpaired) electrons. The van der Waals surface area contributed by atoms with E-state index in [2.05, 4.69) is 50.6 Å². The molecule has 0 unspecified atom stereocenters. The summed E-state index contributed by atoms with van der Waals surface area (Å²) in [6.07, 6.45) is 1.37. The first kappa shape index (κ1) is 16.2. The van der Waals surface area contributed by atoms with Gasteiger partial charge in [0.15, 0.2) is 0 Å². The monoisotopic (exact) mass is 340 g/mol. The van der Waals surface area contributed by atoms with E-state index in [0.29, 0.717) is 13.1 Å². The van der Waals surface area contributed by atoms with Gasteiger partial charge in [0.05, 0.1) is 36.6 Å². The van der Waals surface area contributed by atoms with E-state index in [1.54, 1.807) is 0 Å². The van der Waals surface area contributed by atoms with E-state index in [1.165, 1.54) is 11.1 Å². The molecule has 0 aliphatic carbocycles. The van der Waals surface area contributed by atoms with Gasteiger partial charge in [-0.15, -0.1) is 10.2 Å². The number of hydrogen-bond donors (Lipinski definition) is 1. The van der Waals surface area contributed by atoms with E-state index < -0.39 is 6.10 Å². The van der Waals surface area contributed by atoms with Gasteiger partial charge in [-0.05, 0) is 44.0 Å². The van der Waals surface area contributed by atoms with E-state index >= 15 is 0 Å². The molecule has 7 nitrogen and oxygen atoms in total. The zero-order valence-electron chi connectivity index (χ0n) is 15.0. The normalized spacial score (nSPS) is 16.3.